The first kappa shape index (κ1) is 25.6. The minimum Gasteiger partial charge on any atom is -0.382 e. The second-order valence-electron chi connectivity index (χ2n) is 9.00. The quantitative estimate of drug-likeness (QED) is 0.390. The van der Waals surface area contributed by atoms with E-state index in [4.69, 9.17) is 43.1 Å². The summed E-state index contributed by atoms with van der Waals surface area (Å²) in [6, 6.07) is 20.2. The molecule has 1 atom stereocenters. The number of nitrogens with zero attached hydrogens (tertiary/aromatic N) is 3. The number of hydrogen-bond acceptors (Lipinski definition) is 7. The fraction of sp³-hybridized carbons (Fsp3) is 0.259. The van der Waals surface area contributed by atoms with Gasteiger partial charge in [-0.1, -0.05) is 60.5 Å². The van der Waals surface area contributed by atoms with Crippen LogP contribution in [0.4, 0.5) is 0 Å². The van der Waals surface area contributed by atoms with Gasteiger partial charge in [0, 0.05) is 23.1 Å². The van der Waals surface area contributed by atoms with Crippen molar-refractivity contribution in [2.75, 3.05) is 18.8 Å². The number of rotatable bonds is 7. The fourth-order valence-corrected chi connectivity index (χ4v) is 6.34. The SMILES string of the molecule is CCCS(=O)(=O)Oc1cccc(C2(c3cccc(-c4cc(Cl)cc(Cl)c4)c3)N=C(N)N3CCCN=C32)c1. The molecule has 0 bridgehead atoms. The van der Waals surface area contributed by atoms with Crippen molar-refractivity contribution in [3.8, 4) is 16.9 Å². The van der Waals surface area contributed by atoms with Crippen molar-refractivity contribution in [2.24, 2.45) is 15.7 Å². The molecule has 2 heterocycles. The number of aliphatic imine (C=N–C) groups is 2. The lowest BCUT2D eigenvalue weighted by molar-refractivity contribution is 0.484. The van der Waals surface area contributed by atoms with Gasteiger partial charge in [-0.05, 0) is 71.5 Å². The van der Waals surface area contributed by atoms with Gasteiger partial charge in [-0.15, -0.1) is 0 Å². The summed E-state index contributed by atoms with van der Waals surface area (Å²) < 4.78 is 30.2. The van der Waals surface area contributed by atoms with Crippen molar-refractivity contribution in [1.82, 2.24) is 4.90 Å². The first-order chi connectivity index (χ1) is 17.7. The molecule has 0 saturated heterocycles. The molecule has 192 valence electrons. The monoisotopic (exact) mass is 556 g/mol. The number of hydrogen-bond donors (Lipinski definition) is 1. The van der Waals surface area contributed by atoms with E-state index in [0.717, 1.165) is 23.1 Å². The van der Waals surface area contributed by atoms with Crippen molar-refractivity contribution < 1.29 is 12.6 Å². The second-order valence-corrected chi connectivity index (χ2v) is 11.6. The molecule has 0 radical (unpaired) electrons. The molecule has 2 aliphatic heterocycles. The molecule has 0 spiro atoms. The van der Waals surface area contributed by atoms with Crippen molar-refractivity contribution in [2.45, 2.75) is 25.3 Å². The molecule has 0 fully saturated rings. The van der Waals surface area contributed by atoms with E-state index in [1.54, 1.807) is 31.2 Å². The zero-order valence-electron chi connectivity index (χ0n) is 20.2. The number of benzene rings is 3. The summed E-state index contributed by atoms with van der Waals surface area (Å²) in [4.78, 5) is 11.8. The van der Waals surface area contributed by atoms with E-state index in [1.807, 2.05) is 47.4 Å². The largest absolute Gasteiger partial charge is 0.382 e. The number of guanidine groups is 1. The lowest BCUT2D eigenvalue weighted by atomic mass is 9.81. The number of halogens is 2. The van der Waals surface area contributed by atoms with Crippen molar-refractivity contribution in [3.05, 3.63) is 87.9 Å². The van der Waals surface area contributed by atoms with E-state index in [2.05, 4.69) is 0 Å². The Hall–Kier alpha value is -3.07. The van der Waals surface area contributed by atoms with Gasteiger partial charge < -0.3 is 9.92 Å². The summed E-state index contributed by atoms with van der Waals surface area (Å²) in [5, 5.41) is 1.07. The maximum absolute atomic E-state index is 12.4. The highest BCUT2D eigenvalue weighted by atomic mass is 35.5. The molecule has 0 aromatic heterocycles. The van der Waals surface area contributed by atoms with Gasteiger partial charge in [-0.25, -0.2) is 4.99 Å². The minimum atomic E-state index is -3.72. The van der Waals surface area contributed by atoms with Gasteiger partial charge >= 0.3 is 10.1 Å². The Balaban J connectivity index is 1.69. The van der Waals surface area contributed by atoms with Crippen LogP contribution in [-0.4, -0.2) is 44.0 Å². The predicted octanol–water partition coefficient (Wildman–Crippen LogP) is 5.46. The van der Waals surface area contributed by atoms with Crippen LogP contribution >= 0.6 is 23.2 Å². The predicted molar refractivity (Wildman–Crippen MR) is 149 cm³/mol. The molecule has 3 aromatic rings. The molecular formula is C27H26Cl2N4O3S. The first-order valence-corrected chi connectivity index (χ1v) is 14.3. The van der Waals surface area contributed by atoms with Gasteiger partial charge in [0.1, 0.15) is 11.6 Å². The maximum Gasteiger partial charge on any atom is 0.309 e. The van der Waals surface area contributed by atoms with Gasteiger partial charge in [-0.3, -0.25) is 9.89 Å². The summed E-state index contributed by atoms with van der Waals surface area (Å²) >= 11 is 12.6. The van der Waals surface area contributed by atoms with Crippen molar-refractivity contribution in [1.29, 1.82) is 0 Å². The average Bonchev–Trinajstić information content (AvgIpc) is 3.17. The van der Waals surface area contributed by atoms with Crippen LogP contribution in [0.2, 0.25) is 10.0 Å². The number of fused-ring (bicyclic) bond motifs is 1. The molecule has 1 unspecified atom stereocenters. The number of nitrogens with two attached hydrogens (primary N) is 1. The van der Waals surface area contributed by atoms with Gasteiger partial charge in [0.15, 0.2) is 11.5 Å². The van der Waals surface area contributed by atoms with Crippen LogP contribution in [0.3, 0.4) is 0 Å². The van der Waals surface area contributed by atoms with Crippen LogP contribution in [0.15, 0.2) is 76.7 Å². The lowest BCUT2D eigenvalue weighted by Crippen LogP contribution is -2.46. The van der Waals surface area contributed by atoms with Crippen LogP contribution < -0.4 is 9.92 Å². The third kappa shape index (κ3) is 4.93. The molecular weight excluding hydrogens is 531 g/mol. The number of amidine groups is 1. The van der Waals surface area contributed by atoms with Crippen LogP contribution in [0.1, 0.15) is 30.9 Å². The topological polar surface area (TPSA) is 97.3 Å². The minimum absolute atomic E-state index is 0.0712. The summed E-state index contributed by atoms with van der Waals surface area (Å²) in [6.07, 6.45) is 1.31. The van der Waals surface area contributed by atoms with Gasteiger partial charge in [-0.2, -0.15) is 8.42 Å². The lowest BCUT2D eigenvalue weighted by Gasteiger charge is -2.33. The molecule has 5 rings (SSSR count). The highest BCUT2D eigenvalue weighted by molar-refractivity contribution is 7.87. The summed E-state index contributed by atoms with van der Waals surface area (Å²) in [6.45, 7) is 3.12. The molecule has 0 amide bonds. The van der Waals surface area contributed by atoms with Crippen LogP contribution in [0.5, 0.6) is 5.75 Å². The Kier molecular flexibility index (Phi) is 6.91. The molecule has 3 aromatic carbocycles. The Morgan fingerprint density at radius 1 is 1.00 bits per heavy atom. The Bertz CT molecular complexity index is 1500. The van der Waals surface area contributed by atoms with E-state index in [9.17, 15) is 8.42 Å². The van der Waals surface area contributed by atoms with Gasteiger partial charge in [0.05, 0.1) is 5.75 Å². The third-order valence-electron chi connectivity index (χ3n) is 6.34. The Morgan fingerprint density at radius 3 is 2.43 bits per heavy atom. The molecule has 0 saturated carbocycles. The third-order valence-corrected chi connectivity index (χ3v) is 8.14. The zero-order chi connectivity index (χ0) is 26.2. The van der Waals surface area contributed by atoms with Crippen molar-refractivity contribution >= 4 is 45.1 Å². The normalized spacial score (nSPS) is 19.3. The van der Waals surface area contributed by atoms with Gasteiger partial charge in [0.25, 0.3) is 0 Å². The smallest absolute Gasteiger partial charge is 0.309 e. The Labute approximate surface area is 226 Å². The summed E-state index contributed by atoms with van der Waals surface area (Å²) in [5.41, 5.74) is 8.62. The first-order valence-electron chi connectivity index (χ1n) is 12.0. The second kappa shape index (κ2) is 10.0. The summed E-state index contributed by atoms with van der Waals surface area (Å²) in [7, 11) is -3.72. The van der Waals surface area contributed by atoms with E-state index >= 15 is 0 Å². The van der Waals surface area contributed by atoms with Crippen LogP contribution in [-0.2, 0) is 15.7 Å². The van der Waals surface area contributed by atoms with E-state index in [-0.39, 0.29) is 11.5 Å². The molecule has 37 heavy (non-hydrogen) atoms. The fourth-order valence-electron chi connectivity index (χ4n) is 4.83. The average molecular weight is 558 g/mol. The standard InChI is InChI=1S/C27H26Cl2N4O3S/c1-2-12-37(34,35)36-24-9-4-8-21(16-24)27(25-31-10-5-11-33(25)26(30)32-27)20-7-3-6-18(13-20)19-14-22(28)17-23(29)15-19/h3-4,6-9,13-17H,2,5,10-12H2,1H3,(H2,30,32). The molecule has 10 heteroatoms. The van der Waals surface area contributed by atoms with E-state index in [1.165, 1.54) is 0 Å². The maximum atomic E-state index is 12.4. The zero-order valence-corrected chi connectivity index (χ0v) is 22.5. The molecule has 7 nitrogen and oxygen atoms in total. The molecule has 0 aliphatic carbocycles. The highest BCUT2D eigenvalue weighted by Crippen LogP contribution is 2.43. The van der Waals surface area contributed by atoms with Gasteiger partial charge in [0.2, 0.25) is 0 Å². The molecule has 2 N–H and O–H groups in total. The van der Waals surface area contributed by atoms with Crippen molar-refractivity contribution in [3.63, 3.8) is 0 Å². The van der Waals surface area contributed by atoms with E-state index < -0.39 is 15.7 Å². The van der Waals surface area contributed by atoms with Crippen LogP contribution in [0.25, 0.3) is 11.1 Å². The highest BCUT2D eigenvalue weighted by Gasteiger charge is 2.49. The van der Waals surface area contributed by atoms with E-state index in [0.29, 0.717) is 46.9 Å². The summed E-state index contributed by atoms with van der Waals surface area (Å²) in [5.74, 6) is 1.20. The molecule has 2 aliphatic rings. The van der Waals surface area contributed by atoms with Crippen LogP contribution in [0, 0.1) is 0 Å². The Morgan fingerprint density at radius 2 is 1.70 bits per heavy atom.